The molecule has 1 fully saturated rings. The molecule has 13 heteroatoms. The van der Waals surface area contributed by atoms with Gasteiger partial charge in [0.05, 0.1) is 9.85 Å². The molecule has 0 saturated heterocycles. The Kier molecular flexibility index (Phi) is 7.13. The van der Waals surface area contributed by atoms with E-state index in [2.05, 4.69) is 26.1 Å². The van der Waals surface area contributed by atoms with Crippen LogP contribution in [-0.4, -0.2) is 31.8 Å². The van der Waals surface area contributed by atoms with Crippen molar-refractivity contribution in [3.63, 3.8) is 0 Å². The van der Waals surface area contributed by atoms with Gasteiger partial charge >= 0.3 is 5.69 Å². The number of nitrogens with zero attached hydrogens (tertiary/aromatic N) is 4. The highest BCUT2D eigenvalue weighted by Crippen LogP contribution is 2.31. The number of carbonyl (C=O) groups is 1. The summed E-state index contributed by atoms with van der Waals surface area (Å²) in [5.41, 5.74) is 3.77. The minimum atomic E-state index is -0.758. The topological polar surface area (TPSA) is 165 Å². The minimum absolute atomic E-state index is 0.0582. The Bertz CT molecular complexity index is 995. The maximum Gasteiger partial charge on any atom is 0.354 e. The fourth-order valence-electron chi connectivity index (χ4n) is 3.35. The van der Waals surface area contributed by atoms with Crippen LogP contribution < -0.4 is 16.2 Å². The number of hydrogen-bond donors (Lipinski definition) is 3. The quantitative estimate of drug-likeness (QED) is 0.323. The van der Waals surface area contributed by atoms with Crippen LogP contribution in [0.3, 0.4) is 0 Å². The van der Waals surface area contributed by atoms with E-state index in [4.69, 9.17) is 11.6 Å². The first-order valence-corrected chi connectivity index (χ1v) is 10.0. The van der Waals surface area contributed by atoms with E-state index >= 15 is 0 Å². The smallest absolute Gasteiger partial charge is 0.354 e. The summed E-state index contributed by atoms with van der Waals surface area (Å²) in [4.78, 5) is 41.5. The van der Waals surface area contributed by atoms with E-state index in [0.29, 0.717) is 0 Å². The van der Waals surface area contributed by atoms with Crippen LogP contribution in [0.1, 0.15) is 48.9 Å². The van der Waals surface area contributed by atoms with Crippen LogP contribution in [0.15, 0.2) is 24.5 Å². The lowest BCUT2D eigenvalue weighted by molar-refractivity contribution is -0.384. The van der Waals surface area contributed by atoms with Gasteiger partial charge in [0, 0.05) is 17.7 Å². The molecule has 1 aliphatic rings. The zero-order valence-corrected chi connectivity index (χ0v) is 17.1. The lowest BCUT2D eigenvalue weighted by Gasteiger charge is -2.17. The Labute approximate surface area is 181 Å². The van der Waals surface area contributed by atoms with Crippen molar-refractivity contribution in [3.05, 3.63) is 55.3 Å². The van der Waals surface area contributed by atoms with Crippen LogP contribution in [-0.2, 0) is 0 Å². The van der Waals surface area contributed by atoms with Crippen LogP contribution in [0, 0.1) is 20.2 Å². The van der Waals surface area contributed by atoms with E-state index in [-0.39, 0.29) is 28.3 Å². The number of nitro groups is 2. The van der Waals surface area contributed by atoms with E-state index in [1.54, 1.807) is 0 Å². The summed E-state index contributed by atoms with van der Waals surface area (Å²) in [5, 5.41) is 25.7. The molecule has 3 rings (SSSR count). The third kappa shape index (κ3) is 5.54. The van der Waals surface area contributed by atoms with Gasteiger partial charge in [-0.1, -0.05) is 37.3 Å². The van der Waals surface area contributed by atoms with Crippen molar-refractivity contribution in [2.45, 2.75) is 44.6 Å². The van der Waals surface area contributed by atoms with Crippen molar-refractivity contribution >= 4 is 40.5 Å². The first-order valence-electron chi connectivity index (χ1n) is 9.63. The zero-order valence-electron chi connectivity index (χ0n) is 16.3. The van der Waals surface area contributed by atoms with Crippen molar-refractivity contribution in [1.82, 2.24) is 15.4 Å². The van der Waals surface area contributed by atoms with Crippen molar-refractivity contribution in [3.8, 4) is 0 Å². The van der Waals surface area contributed by atoms with Crippen LogP contribution in [0.25, 0.3) is 0 Å². The Balaban J connectivity index is 1.76. The molecule has 1 heterocycles. The number of rotatable bonds is 7. The van der Waals surface area contributed by atoms with Gasteiger partial charge in [-0.25, -0.2) is 9.97 Å². The molecule has 31 heavy (non-hydrogen) atoms. The summed E-state index contributed by atoms with van der Waals surface area (Å²) in [6.45, 7) is 0. The molecule has 164 valence electrons. The molecule has 2 aromatic rings. The summed E-state index contributed by atoms with van der Waals surface area (Å²) >= 11 is 5.74. The number of hydrazine groups is 1. The Morgan fingerprint density at radius 2 is 1.71 bits per heavy atom. The van der Waals surface area contributed by atoms with Crippen molar-refractivity contribution < 1.29 is 14.6 Å². The molecule has 1 aromatic carbocycles. The molecular weight excluding hydrogens is 430 g/mol. The monoisotopic (exact) mass is 449 g/mol. The van der Waals surface area contributed by atoms with Gasteiger partial charge in [0.15, 0.2) is 0 Å². The first-order chi connectivity index (χ1) is 14.9. The summed E-state index contributed by atoms with van der Waals surface area (Å²) in [6, 6.07) is 3.58. The fourth-order valence-corrected chi connectivity index (χ4v) is 3.53. The fraction of sp³-hybridized carbons (Fsp3) is 0.389. The Hall–Kier alpha value is -3.54. The zero-order chi connectivity index (χ0) is 22.4. The van der Waals surface area contributed by atoms with Gasteiger partial charge in [0.25, 0.3) is 11.6 Å². The summed E-state index contributed by atoms with van der Waals surface area (Å²) < 4.78 is 0. The third-order valence-corrected chi connectivity index (χ3v) is 5.22. The van der Waals surface area contributed by atoms with E-state index in [1.165, 1.54) is 12.1 Å². The van der Waals surface area contributed by atoms with E-state index in [1.807, 2.05) is 0 Å². The van der Waals surface area contributed by atoms with Gasteiger partial charge in [-0.2, -0.15) is 0 Å². The average Bonchev–Trinajstić information content (AvgIpc) is 3.00. The second-order valence-corrected chi connectivity index (χ2v) is 7.42. The molecule has 0 spiro atoms. The predicted octanol–water partition coefficient (Wildman–Crippen LogP) is 3.84. The van der Waals surface area contributed by atoms with E-state index < -0.39 is 27.1 Å². The van der Waals surface area contributed by atoms with Crippen LogP contribution in [0.2, 0.25) is 5.02 Å². The first kappa shape index (κ1) is 22.2. The summed E-state index contributed by atoms with van der Waals surface area (Å²) in [6.07, 6.45) is 7.24. The SMILES string of the molecule is O=C(NNc1ncnc(NC2CCCCCC2)c1[N+](=O)[O-])c1ccc(Cl)c([N+](=O)[O-])c1. The van der Waals surface area contributed by atoms with Crippen molar-refractivity contribution in [1.29, 1.82) is 0 Å². The molecule has 1 amide bonds. The highest BCUT2D eigenvalue weighted by atomic mass is 35.5. The molecule has 1 saturated carbocycles. The average molecular weight is 450 g/mol. The van der Waals surface area contributed by atoms with Crippen molar-refractivity contribution in [2.24, 2.45) is 0 Å². The molecular formula is C18H20ClN7O5. The summed E-state index contributed by atoms with van der Waals surface area (Å²) in [7, 11) is 0. The van der Waals surface area contributed by atoms with Gasteiger partial charge in [-0.15, -0.1) is 0 Å². The van der Waals surface area contributed by atoms with Gasteiger partial charge in [0.1, 0.15) is 11.3 Å². The number of hydrogen-bond acceptors (Lipinski definition) is 9. The molecule has 1 aliphatic carbocycles. The lowest BCUT2D eigenvalue weighted by Crippen LogP contribution is -2.30. The Morgan fingerprint density at radius 1 is 1.03 bits per heavy atom. The second kappa shape index (κ2) is 9.98. The van der Waals surface area contributed by atoms with E-state index in [9.17, 15) is 25.0 Å². The predicted molar refractivity (Wildman–Crippen MR) is 113 cm³/mol. The van der Waals surface area contributed by atoms with Gasteiger partial charge in [-0.05, 0) is 25.0 Å². The molecule has 0 aliphatic heterocycles. The molecule has 0 bridgehead atoms. The second-order valence-electron chi connectivity index (χ2n) is 7.01. The summed E-state index contributed by atoms with van der Waals surface area (Å²) in [5.74, 6) is -0.912. The maximum atomic E-state index is 12.4. The van der Waals surface area contributed by atoms with Crippen molar-refractivity contribution in [2.75, 3.05) is 10.7 Å². The van der Waals surface area contributed by atoms with Gasteiger partial charge in [-0.3, -0.25) is 35.9 Å². The number of carbonyl (C=O) groups excluding carboxylic acids is 1. The number of amides is 1. The normalized spacial score (nSPS) is 14.4. The van der Waals surface area contributed by atoms with Crippen LogP contribution in [0.4, 0.5) is 23.0 Å². The standard InChI is InChI=1S/C18H20ClN7O5/c19-13-8-7-11(9-14(13)25(28)29)18(27)24-23-17-15(26(30)31)16(20-10-21-17)22-12-5-3-1-2-4-6-12/h7-10,12H,1-6H2,(H,24,27)(H2,20,21,22,23). The van der Waals surface area contributed by atoms with Crippen LogP contribution in [0.5, 0.6) is 0 Å². The molecule has 0 atom stereocenters. The molecule has 0 unspecified atom stereocenters. The molecule has 3 N–H and O–H groups in total. The lowest BCUT2D eigenvalue weighted by atomic mass is 10.1. The number of halogens is 1. The number of anilines is 2. The molecule has 0 radical (unpaired) electrons. The molecule has 12 nitrogen and oxygen atoms in total. The number of aromatic nitrogens is 2. The number of nitro benzene ring substituents is 1. The minimum Gasteiger partial charge on any atom is -0.361 e. The van der Waals surface area contributed by atoms with E-state index in [0.717, 1.165) is 50.9 Å². The Morgan fingerprint density at radius 3 is 2.35 bits per heavy atom. The maximum absolute atomic E-state index is 12.4. The number of benzene rings is 1. The third-order valence-electron chi connectivity index (χ3n) is 4.90. The largest absolute Gasteiger partial charge is 0.361 e. The highest BCUT2D eigenvalue weighted by molar-refractivity contribution is 6.32. The van der Waals surface area contributed by atoms with Gasteiger partial charge < -0.3 is 5.32 Å². The number of nitrogens with one attached hydrogen (secondary N) is 3. The molecule has 1 aromatic heterocycles. The highest BCUT2D eigenvalue weighted by Gasteiger charge is 2.26. The van der Waals surface area contributed by atoms with Crippen LogP contribution >= 0.6 is 11.6 Å². The van der Waals surface area contributed by atoms with Gasteiger partial charge in [0.2, 0.25) is 11.6 Å².